The molecule has 1 aliphatic heterocycles. The van der Waals surface area contributed by atoms with Crippen molar-refractivity contribution in [3.63, 3.8) is 0 Å². The van der Waals surface area contributed by atoms with E-state index in [0.717, 1.165) is 22.6 Å². The van der Waals surface area contributed by atoms with Crippen LogP contribution in [0, 0.1) is 0 Å². The Morgan fingerprint density at radius 1 is 1.15 bits per heavy atom. The molecule has 0 atom stereocenters. The quantitative estimate of drug-likeness (QED) is 0.487. The Morgan fingerprint density at radius 2 is 1.88 bits per heavy atom. The van der Waals surface area contributed by atoms with Crippen molar-refractivity contribution in [2.75, 3.05) is 25.1 Å². The van der Waals surface area contributed by atoms with E-state index in [1.807, 2.05) is 42.3 Å². The molecule has 0 amide bonds. The molecule has 0 aliphatic carbocycles. The first kappa shape index (κ1) is 17.7. The average Bonchev–Trinajstić information content (AvgIpc) is 2.63. The van der Waals surface area contributed by atoms with E-state index in [1.165, 1.54) is 0 Å². The summed E-state index contributed by atoms with van der Waals surface area (Å²) in [4.78, 5) is 36.5. The number of aliphatic carboxylic acids is 1. The number of anilines is 1. The Bertz CT molecular complexity index is 860. The van der Waals surface area contributed by atoms with Crippen molar-refractivity contribution < 1.29 is 24.2 Å². The molecule has 0 aromatic heterocycles. The number of fused-ring (bicyclic) bond motifs is 1. The predicted octanol–water partition coefficient (Wildman–Crippen LogP) is 2.33. The molecular weight excluding hydrogens is 334 g/mol. The van der Waals surface area contributed by atoms with E-state index >= 15 is 0 Å². The number of ether oxygens (including phenoxy) is 1. The van der Waals surface area contributed by atoms with Crippen LogP contribution >= 0.6 is 0 Å². The minimum absolute atomic E-state index is 0.321. The molecule has 0 spiro atoms. The van der Waals surface area contributed by atoms with E-state index in [9.17, 15) is 14.4 Å². The van der Waals surface area contributed by atoms with E-state index in [2.05, 4.69) is 0 Å². The van der Waals surface area contributed by atoms with Gasteiger partial charge in [-0.25, -0.2) is 4.79 Å². The van der Waals surface area contributed by atoms with Crippen molar-refractivity contribution in [3.05, 3.63) is 59.2 Å². The van der Waals surface area contributed by atoms with Gasteiger partial charge < -0.3 is 14.7 Å². The number of hydrogen-bond donors (Lipinski definition) is 1. The Hall–Kier alpha value is -3.15. The number of nitrogens with zero attached hydrogens (tertiary/aromatic N) is 1. The molecule has 134 valence electrons. The van der Waals surface area contributed by atoms with Gasteiger partial charge in [0.1, 0.15) is 12.4 Å². The highest BCUT2D eigenvalue weighted by Gasteiger charge is 2.24. The van der Waals surface area contributed by atoms with Gasteiger partial charge in [-0.15, -0.1) is 0 Å². The minimum atomic E-state index is -1.60. The zero-order chi connectivity index (χ0) is 18.7. The molecule has 1 aliphatic rings. The van der Waals surface area contributed by atoms with Crippen molar-refractivity contribution in [2.24, 2.45) is 0 Å². The molecule has 6 heteroatoms. The van der Waals surface area contributed by atoms with Gasteiger partial charge in [0.15, 0.2) is 5.78 Å². The summed E-state index contributed by atoms with van der Waals surface area (Å²) in [7, 11) is 1.91. The van der Waals surface area contributed by atoms with Crippen LogP contribution in [-0.2, 0) is 16.0 Å². The maximum Gasteiger partial charge on any atom is 0.372 e. The third-order valence-corrected chi connectivity index (χ3v) is 4.35. The highest BCUT2D eigenvalue weighted by molar-refractivity contribution is 6.37. The van der Waals surface area contributed by atoms with Crippen LogP contribution in [0.4, 0.5) is 5.69 Å². The van der Waals surface area contributed by atoms with Crippen LogP contribution in [0.1, 0.15) is 27.9 Å². The number of benzene rings is 2. The normalized spacial score (nSPS) is 12.9. The van der Waals surface area contributed by atoms with Crippen LogP contribution in [0.2, 0.25) is 0 Å². The lowest BCUT2D eigenvalue weighted by Gasteiger charge is -2.30. The average molecular weight is 353 g/mol. The second-order valence-corrected chi connectivity index (χ2v) is 6.24. The van der Waals surface area contributed by atoms with Crippen molar-refractivity contribution in [2.45, 2.75) is 12.8 Å². The number of likely N-dealkylation sites (N-methyl/N-ethyl adjacent to an activating group) is 1. The first-order valence-corrected chi connectivity index (χ1v) is 8.30. The van der Waals surface area contributed by atoms with Crippen molar-refractivity contribution in [1.29, 1.82) is 0 Å². The molecule has 1 N–H and O–H groups in total. The Morgan fingerprint density at radius 3 is 2.58 bits per heavy atom. The number of Topliss-reactive ketones (excluding diaryl/α,β-unsaturated/α-hetero) is 2. The van der Waals surface area contributed by atoms with Crippen LogP contribution in [0.5, 0.6) is 5.75 Å². The summed E-state index contributed by atoms with van der Waals surface area (Å²) in [5.74, 6) is -2.49. The van der Waals surface area contributed by atoms with E-state index in [0.29, 0.717) is 25.1 Å². The second-order valence-electron chi connectivity index (χ2n) is 6.24. The zero-order valence-corrected chi connectivity index (χ0v) is 14.4. The molecule has 0 saturated heterocycles. The third-order valence-electron chi connectivity index (χ3n) is 4.35. The summed E-state index contributed by atoms with van der Waals surface area (Å²) in [6.07, 6.45) is -0.0749. The molecular formula is C20H19NO5. The van der Waals surface area contributed by atoms with Gasteiger partial charge in [-0.1, -0.05) is 30.3 Å². The molecule has 0 radical (unpaired) electrons. The largest absolute Gasteiger partial charge is 0.489 e. The summed E-state index contributed by atoms with van der Waals surface area (Å²) in [5, 5.41) is 8.73. The molecule has 6 nitrogen and oxygen atoms in total. The molecule has 26 heavy (non-hydrogen) atoms. The number of carboxylic acid groups (broad SMARTS) is 1. The molecule has 0 unspecified atom stereocenters. The summed E-state index contributed by atoms with van der Waals surface area (Å²) in [6.45, 7) is 1.24. The number of ketones is 2. The summed E-state index contributed by atoms with van der Waals surface area (Å²) in [6, 6.07) is 13.1. The number of carbonyl (C=O) groups is 3. The van der Waals surface area contributed by atoms with Crippen LogP contribution in [0.15, 0.2) is 42.5 Å². The molecule has 2 aromatic rings. The van der Waals surface area contributed by atoms with Crippen LogP contribution < -0.4 is 9.64 Å². The molecule has 1 heterocycles. The van der Waals surface area contributed by atoms with Gasteiger partial charge in [0.05, 0.1) is 18.7 Å². The van der Waals surface area contributed by atoms with Crippen LogP contribution in [-0.4, -0.2) is 42.8 Å². The number of carbonyl (C=O) groups excluding carboxylic acids is 2. The smallest absolute Gasteiger partial charge is 0.372 e. The zero-order valence-electron chi connectivity index (χ0n) is 14.4. The highest BCUT2D eigenvalue weighted by atomic mass is 16.5. The second kappa shape index (κ2) is 7.39. The van der Waals surface area contributed by atoms with Crippen molar-refractivity contribution in [1.82, 2.24) is 0 Å². The predicted molar refractivity (Wildman–Crippen MR) is 96.0 cm³/mol. The van der Waals surface area contributed by atoms with Crippen molar-refractivity contribution in [3.8, 4) is 5.75 Å². The highest BCUT2D eigenvalue weighted by Crippen LogP contribution is 2.37. The minimum Gasteiger partial charge on any atom is -0.489 e. The molecule has 0 fully saturated rings. The van der Waals surface area contributed by atoms with Gasteiger partial charge in [-0.3, -0.25) is 9.59 Å². The lowest BCUT2D eigenvalue weighted by molar-refractivity contribution is -0.148. The van der Waals surface area contributed by atoms with Gasteiger partial charge in [-0.05, 0) is 17.7 Å². The fraction of sp³-hybridized carbons (Fsp3) is 0.250. The first-order valence-electron chi connectivity index (χ1n) is 8.30. The van der Waals surface area contributed by atoms with E-state index in [1.54, 1.807) is 12.1 Å². The van der Waals surface area contributed by atoms with Gasteiger partial charge in [-0.2, -0.15) is 0 Å². The fourth-order valence-electron chi connectivity index (χ4n) is 2.96. The lowest BCUT2D eigenvalue weighted by atomic mass is 9.96. The Balaban J connectivity index is 1.99. The molecule has 2 aromatic carbocycles. The molecule has 3 rings (SSSR count). The summed E-state index contributed by atoms with van der Waals surface area (Å²) < 4.78 is 5.84. The van der Waals surface area contributed by atoms with Gasteiger partial charge in [0, 0.05) is 24.6 Å². The number of hydrogen-bond acceptors (Lipinski definition) is 5. The topological polar surface area (TPSA) is 83.9 Å². The van der Waals surface area contributed by atoms with E-state index in [4.69, 9.17) is 9.84 Å². The van der Waals surface area contributed by atoms with Crippen LogP contribution in [0.3, 0.4) is 0 Å². The molecule has 0 saturated carbocycles. The third kappa shape index (κ3) is 3.74. The Labute approximate surface area is 151 Å². The fourth-order valence-corrected chi connectivity index (χ4v) is 2.96. The maximum atomic E-state index is 12.4. The van der Waals surface area contributed by atoms with Gasteiger partial charge >= 0.3 is 5.97 Å². The lowest BCUT2D eigenvalue weighted by Crippen LogP contribution is -2.30. The van der Waals surface area contributed by atoms with E-state index in [-0.39, 0.29) is 0 Å². The maximum absolute atomic E-state index is 12.4. The van der Waals surface area contributed by atoms with Crippen LogP contribution in [0.25, 0.3) is 0 Å². The first-order chi connectivity index (χ1) is 12.5. The van der Waals surface area contributed by atoms with E-state index < -0.39 is 24.0 Å². The number of carboxylic acids is 1. The number of rotatable bonds is 6. The summed E-state index contributed by atoms with van der Waals surface area (Å²) in [5.41, 5.74) is 3.00. The standard InChI is InChI=1S/C20H19NO5/c1-21-7-8-26-19-15(9-13-5-3-2-4-6-13)10-14(11-16(19)21)17(22)12-18(23)20(24)25/h2-6,10-11H,7-9,12H2,1H3,(H,24,25). The molecule has 0 bridgehead atoms. The monoisotopic (exact) mass is 353 g/mol. The van der Waals surface area contributed by atoms with Crippen molar-refractivity contribution >= 4 is 23.2 Å². The summed E-state index contributed by atoms with van der Waals surface area (Å²) >= 11 is 0. The SMILES string of the molecule is CN1CCOc2c(Cc3ccccc3)cc(C(=O)CC(=O)C(=O)O)cc21. The Kier molecular flexibility index (Phi) is 5.02. The van der Waals surface area contributed by atoms with Gasteiger partial charge in [0.25, 0.3) is 0 Å². The van der Waals surface area contributed by atoms with Gasteiger partial charge in [0.2, 0.25) is 5.78 Å².